The third kappa shape index (κ3) is 3.03. The van der Waals surface area contributed by atoms with Gasteiger partial charge in [0.05, 0.1) is 11.0 Å². The maximum atomic E-state index is 12.8. The first kappa shape index (κ1) is 17.5. The van der Waals surface area contributed by atoms with Crippen molar-refractivity contribution in [2.24, 2.45) is 5.92 Å². The summed E-state index contributed by atoms with van der Waals surface area (Å²) in [6.45, 7) is 8.61. The fraction of sp³-hybridized carbons (Fsp3) is 0.500. The minimum absolute atomic E-state index is 0.205. The molecule has 1 atom stereocenters. The molecule has 0 bridgehead atoms. The van der Waals surface area contributed by atoms with E-state index in [1.165, 1.54) is 4.90 Å². The van der Waals surface area contributed by atoms with Gasteiger partial charge >= 0.3 is 0 Å². The Labute approximate surface area is 148 Å². The van der Waals surface area contributed by atoms with Gasteiger partial charge in [-0.15, -0.1) is 0 Å². The second-order valence-corrected chi connectivity index (χ2v) is 6.95. The molecule has 0 saturated heterocycles. The molecule has 132 valence electrons. The van der Waals surface area contributed by atoms with Crippen molar-refractivity contribution in [3.05, 3.63) is 34.6 Å². The summed E-state index contributed by atoms with van der Waals surface area (Å²) < 4.78 is 0. The summed E-state index contributed by atoms with van der Waals surface area (Å²) in [6, 6.07) is 3.94. The predicted octanol–water partition coefficient (Wildman–Crippen LogP) is 4.06. The third-order valence-corrected chi connectivity index (χ3v) is 5.11. The van der Waals surface area contributed by atoms with Gasteiger partial charge < -0.3 is 0 Å². The number of carbonyl (C=O) groups is 2. The first-order valence-electron chi connectivity index (χ1n) is 9.12. The van der Waals surface area contributed by atoms with Crippen molar-refractivity contribution in [1.29, 1.82) is 0 Å². The van der Waals surface area contributed by atoms with Crippen LogP contribution in [0.25, 0.3) is 11.0 Å². The monoisotopic (exact) mass is 339 g/mol. The zero-order valence-corrected chi connectivity index (χ0v) is 15.4. The SMILES string of the molecule is CCCCC(CC)CN1C(=O)c2nc3c(C)ccc(C)c3nc2C1=O. The van der Waals surface area contributed by atoms with Gasteiger partial charge in [0.25, 0.3) is 11.8 Å². The van der Waals surface area contributed by atoms with E-state index in [2.05, 4.69) is 23.8 Å². The molecule has 2 amide bonds. The Morgan fingerprint density at radius 1 is 0.960 bits per heavy atom. The van der Waals surface area contributed by atoms with Crippen LogP contribution < -0.4 is 0 Å². The highest BCUT2D eigenvalue weighted by Gasteiger charge is 2.39. The molecule has 2 aromatic rings. The van der Waals surface area contributed by atoms with Gasteiger partial charge in [0.2, 0.25) is 0 Å². The molecular weight excluding hydrogens is 314 g/mol. The minimum Gasteiger partial charge on any atom is -0.271 e. The molecule has 1 aromatic heterocycles. The van der Waals surface area contributed by atoms with Gasteiger partial charge in [0, 0.05) is 6.54 Å². The second-order valence-electron chi connectivity index (χ2n) is 6.95. The molecule has 5 heteroatoms. The predicted molar refractivity (Wildman–Crippen MR) is 97.7 cm³/mol. The quantitative estimate of drug-likeness (QED) is 0.745. The summed E-state index contributed by atoms with van der Waals surface area (Å²) in [5.74, 6) is -0.268. The lowest BCUT2D eigenvalue weighted by atomic mass is 9.99. The summed E-state index contributed by atoms with van der Waals surface area (Å²) in [5.41, 5.74) is 3.75. The van der Waals surface area contributed by atoms with E-state index < -0.39 is 0 Å². The van der Waals surface area contributed by atoms with Crippen LogP contribution in [-0.4, -0.2) is 33.2 Å². The Balaban J connectivity index is 1.97. The Morgan fingerprint density at radius 2 is 1.48 bits per heavy atom. The summed E-state index contributed by atoms with van der Waals surface area (Å²) in [5, 5.41) is 0. The van der Waals surface area contributed by atoms with Crippen LogP contribution in [0.15, 0.2) is 12.1 Å². The van der Waals surface area contributed by atoms with Crippen LogP contribution in [0, 0.1) is 19.8 Å². The van der Waals surface area contributed by atoms with E-state index in [1.807, 2.05) is 26.0 Å². The van der Waals surface area contributed by atoms with Crippen LogP contribution in [0.2, 0.25) is 0 Å². The van der Waals surface area contributed by atoms with Crippen molar-refractivity contribution in [2.45, 2.75) is 53.4 Å². The van der Waals surface area contributed by atoms with Crippen molar-refractivity contribution in [3.8, 4) is 0 Å². The largest absolute Gasteiger partial charge is 0.281 e. The first-order chi connectivity index (χ1) is 12.0. The third-order valence-electron chi connectivity index (χ3n) is 5.11. The average Bonchev–Trinajstić information content (AvgIpc) is 2.85. The number of hydrogen-bond donors (Lipinski definition) is 0. The molecule has 1 unspecified atom stereocenters. The van der Waals surface area contributed by atoms with Crippen LogP contribution in [0.5, 0.6) is 0 Å². The van der Waals surface area contributed by atoms with Gasteiger partial charge in [0.1, 0.15) is 0 Å². The molecule has 0 spiro atoms. The zero-order valence-electron chi connectivity index (χ0n) is 15.4. The van der Waals surface area contributed by atoms with Gasteiger partial charge in [-0.2, -0.15) is 0 Å². The number of benzene rings is 1. The lowest BCUT2D eigenvalue weighted by molar-refractivity contribution is 0.0620. The zero-order chi connectivity index (χ0) is 18.1. The smallest absolute Gasteiger partial charge is 0.271 e. The standard InChI is InChI=1S/C20H25N3O2/c1-5-7-8-14(6-2)11-23-19(24)17-18(20(23)25)22-16-13(4)10-9-12(3)15(16)21-17/h9-10,14H,5-8,11H2,1-4H3. The number of hydrogen-bond acceptors (Lipinski definition) is 4. The van der Waals surface area contributed by atoms with Crippen LogP contribution in [-0.2, 0) is 0 Å². The average molecular weight is 339 g/mol. The molecule has 5 nitrogen and oxygen atoms in total. The highest BCUT2D eigenvalue weighted by molar-refractivity contribution is 6.20. The maximum Gasteiger partial charge on any atom is 0.281 e. The number of imide groups is 1. The molecule has 2 heterocycles. The topological polar surface area (TPSA) is 63.2 Å². The van der Waals surface area contributed by atoms with Gasteiger partial charge in [-0.05, 0) is 37.3 Å². The van der Waals surface area contributed by atoms with Crippen LogP contribution in [0.4, 0.5) is 0 Å². The Morgan fingerprint density at radius 3 is 1.92 bits per heavy atom. The normalized spacial score (nSPS) is 15.1. The van der Waals surface area contributed by atoms with Crippen molar-refractivity contribution in [1.82, 2.24) is 14.9 Å². The van der Waals surface area contributed by atoms with Gasteiger partial charge in [-0.25, -0.2) is 9.97 Å². The van der Waals surface area contributed by atoms with Crippen molar-refractivity contribution in [3.63, 3.8) is 0 Å². The minimum atomic E-state index is -0.301. The van der Waals surface area contributed by atoms with E-state index in [4.69, 9.17) is 0 Å². The fourth-order valence-corrected chi connectivity index (χ4v) is 3.38. The first-order valence-corrected chi connectivity index (χ1v) is 9.12. The summed E-state index contributed by atoms with van der Waals surface area (Å²) >= 11 is 0. The number of fused-ring (bicyclic) bond motifs is 2. The summed E-state index contributed by atoms with van der Waals surface area (Å²) in [4.78, 5) is 35.9. The van der Waals surface area contributed by atoms with E-state index >= 15 is 0 Å². The number of carbonyl (C=O) groups excluding carboxylic acids is 2. The Hall–Kier alpha value is -2.30. The lowest BCUT2D eigenvalue weighted by Gasteiger charge is -2.20. The van der Waals surface area contributed by atoms with E-state index in [0.29, 0.717) is 23.5 Å². The molecule has 1 aliphatic heterocycles. The van der Waals surface area contributed by atoms with Crippen molar-refractivity contribution < 1.29 is 9.59 Å². The van der Waals surface area contributed by atoms with E-state index in [9.17, 15) is 9.59 Å². The highest BCUT2D eigenvalue weighted by atomic mass is 16.2. The molecule has 1 aromatic carbocycles. The second kappa shape index (κ2) is 6.90. The number of amides is 2. The molecule has 1 aliphatic rings. The van der Waals surface area contributed by atoms with Gasteiger partial charge in [-0.3, -0.25) is 14.5 Å². The van der Waals surface area contributed by atoms with Crippen molar-refractivity contribution >= 4 is 22.8 Å². The van der Waals surface area contributed by atoms with Gasteiger partial charge in [-0.1, -0.05) is 45.2 Å². The molecule has 0 radical (unpaired) electrons. The summed E-state index contributed by atoms with van der Waals surface area (Å²) in [7, 11) is 0. The molecule has 0 saturated carbocycles. The number of unbranched alkanes of at least 4 members (excludes halogenated alkanes) is 1. The molecule has 0 N–H and O–H groups in total. The lowest BCUT2D eigenvalue weighted by Crippen LogP contribution is -2.34. The van der Waals surface area contributed by atoms with Crippen molar-refractivity contribution in [2.75, 3.05) is 6.54 Å². The van der Waals surface area contributed by atoms with Crippen LogP contribution in [0.1, 0.15) is 71.6 Å². The number of rotatable bonds is 6. The van der Waals surface area contributed by atoms with Crippen LogP contribution >= 0.6 is 0 Å². The van der Waals surface area contributed by atoms with E-state index in [1.54, 1.807) is 0 Å². The van der Waals surface area contributed by atoms with Gasteiger partial charge in [0.15, 0.2) is 11.4 Å². The number of nitrogens with zero attached hydrogens (tertiary/aromatic N) is 3. The molecule has 0 aliphatic carbocycles. The number of aryl methyl sites for hydroxylation is 2. The Bertz CT molecular complexity index is 784. The molecule has 25 heavy (non-hydrogen) atoms. The Kier molecular flexibility index (Phi) is 4.84. The summed E-state index contributed by atoms with van der Waals surface area (Å²) in [6.07, 6.45) is 4.21. The van der Waals surface area contributed by atoms with E-state index in [0.717, 1.165) is 36.8 Å². The fourth-order valence-electron chi connectivity index (χ4n) is 3.38. The highest BCUT2D eigenvalue weighted by Crippen LogP contribution is 2.27. The van der Waals surface area contributed by atoms with Crippen LogP contribution in [0.3, 0.4) is 0 Å². The number of aromatic nitrogens is 2. The van der Waals surface area contributed by atoms with E-state index in [-0.39, 0.29) is 23.2 Å². The molecule has 3 rings (SSSR count). The molecule has 0 fully saturated rings. The maximum absolute atomic E-state index is 12.8. The molecular formula is C20H25N3O2.